The van der Waals surface area contributed by atoms with Gasteiger partial charge in [-0.2, -0.15) is 5.10 Å². The van der Waals surface area contributed by atoms with Crippen LogP contribution in [-0.2, 0) is 4.79 Å². The Morgan fingerprint density at radius 3 is 2.91 bits per heavy atom. The van der Waals surface area contributed by atoms with Crippen LogP contribution in [0.1, 0.15) is 19.4 Å². The third-order valence-corrected chi connectivity index (χ3v) is 4.73. The lowest BCUT2D eigenvalue weighted by molar-refractivity contribution is -0.122. The van der Waals surface area contributed by atoms with Crippen LogP contribution in [0.2, 0.25) is 0 Å². The van der Waals surface area contributed by atoms with Gasteiger partial charge in [0, 0.05) is 18.8 Å². The fourth-order valence-corrected chi connectivity index (χ4v) is 3.22. The first-order chi connectivity index (χ1) is 11.0. The zero-order valence-electron chi connectivity index (χ0n) is 13.6. The van der Waals surface area contributed by atoms with Crippen molar-refractivity contribution in [3.63, 3.8) is 0 Å². The van der Waals surface area contributed by atoms with E-state index in [1.807, 2.05) is 17.9 Å². The molecular weight excluding hydrogens is 294 g/mol. The summed E-state index contributed by atoms with van der Waals surface area (Å²) in [6.45, 7) is 8.39. The first-order valence-corrected chi connectivity index (χ1v) is 7.89. The number of rotatable bonds is 2. The summed E-state index contributed by atoms with van der Waals surface area (Å²) in [5.74, 6) is 1.42. The summed E-state index contributed by atoms with van der Waals surface area (Å²) in [5, 5.41) is 11.0. The standard InChI is InChI=1S/C16H21N5O2/c1-9-4-13-12(5-11(9)18-16(3)7-17-8-16)21-10(2)15(22)20-19-14(21)6-23-13/h4-5,10,17-18H,6-8H2,1-3H3,(H,20,22). The molecule has 4 rings (SSSR count). The van der Waals surface area contributed by atoms with Gasteiger partial charge in [0.15, 0.2) is 5.84 Å². The Labute approximate surface area is 135 Å². The molecule has 1 aromatic carbocycles. The summed E-state index contributed by atoms with van der Waals surface area (Å²) < 4.78 is 5.82. The predicted molar refractivity (Wildman–Crippen MR) is 89.1 cm³/mol. The molecule has 0 spiro atoms. The molecule has 3 aliphatic rings. The molecule has 0 radical (unpaired) electrons. The van der Waals surface area contributed by atoms with Crippen LogP contribution in [0, 0.1) is 6.92 Å². The molecule has 0 bridgehead atoms. The first-order valence-electron chi connectivity index (χ1n) is 7.89. The van der Waals surface area contributed by atoms with Crippen LogP contribution < -0.4 is 25.7 Å². The number of amides is 1. The van der Waals surface area contributed by atoms with Gasteiger partial charge in [-0.15, -0.1) is 0 Å². The molecule has 3 aliphatic heterocycles. The number of fused-ring (bicyclic) bond motifs is 3. The molecule has 0 aromatic heterocycles. The van der Waals surface area contributed by atoms with Crippen molar-refractivity contribution in [3.05, 3.63) is 17.7 Å². The number of amidine groups is 1. The van der Waals surface area contributed by atoms with Crippen LogP contribution in [0.5, 0.6) is 5.75 Å². The summed E-state index contributed by atoms with van der Waals surface area (Å²) in [6, 6.07) is 3.79. The minimum atomic E-state index is -0.304. The van der Waals surface area contributed by atoms with Crippen molar-refractivity contribution in [2.45, 2.75) is 32.4 Å². The van der Waals surface area contributed by atoms with Crippen molar-refractivity contribution in [3.8, 4) is 5.75 Å². The van der Waals surface area contributed by atoms with E-state index in [-0.39, 0.29) is 17.5 Å². The number of benzene rings is 1. The van der Waals surface area contributed by atoms with Gasteiger partial charge in [-0.25, -0.2) is 5.43 Å². The van der Waals surface area contributed by atoms with Crippen LogP contribution in [-0.4, -0.2) is 43.0 Å². The number of hydrazone groups is 1. The molecule has 122 valence electrons. The highest BCUT2D eigenvalue weighted by Crippen LogP contribution is 2.39. The van der Waals surface area contributed by atoms with Crippen molar-refractivity contribution < 1.29 is 9.53 Å². The van der Waals surface area contributed by atoms with Gasteiger partial charge in [0.25, 0.3) is 5.91 Å². The van der Waals surface area contributed by atoms with Crippen LogP contribution >= 0.6 is 0 Å². The number of nitrogens with one attached hydrogen (secondary N) is 3. The van der Waals surface area contributed by atoms with E-state index in [0.717, 1.165) is 41.6 Å². The Bertz CT molecular complexity index is 711. The molecule has 1 unspecified atom stereocenters. The molecule has 1 fully saturated rings. The molecule has 3 N–H and O–H groups in total. The third kappa shape index (κ3) is 2.23. The molecule has 1 aromatic rings. The van der Waals surface area contributed by atoms with Crippen LogP contribution in [0.25, 0.3) is 0 Å². The number of hydrogen-bond acceptors (Lipinski definition) is 6. The zero-order valence-corrected chi connectivity index (χ0v) is 13.6. The van der Waals surface area contributed by atoms with Gasteiger partial charge in [-0.1, -0.05) is 0 Å². The number of carbonyl (C=O) groups excluding carboxylic acids is 1. The highest BCUT2D eigenvalue weighted by molar-refractivity contribution is 6.09. The van der Waals surface area contributed by atoms with Crippen LogP contribution in [0.15, 0.2) is 17.2 Å². The van der Waals surface area contributed by atoms with Crippen molar-refractivity contribution in [2.24, 2.45) is 5.10 Å². The van der Waals surface area contributed by atoms with E-state index in [9.17, 15) is 4.79 Å². The highest BCUT2D eigenvalue weighted by atomic mass is 16.5. The summed E-state index contributed by atoms with van der Waals surface area (Å²) in [7, 11) is 0. The van der Waals surface area contributed by atoms with E-state index >= 15 is 0 Å². The molecular formula is C16H21N5O2. The van der Waals surface area contributed by atoms with Gasteiger partial charge in [-0.05, 0) is 38.5 Å². The second kappa shape index (κ2) is 4.86. The summed E-state index contributed by atoms with van der Waals surface area (Å²) in [5.41, 5.74) is 5.70. The molecule has 7 nitrogen and oxygen atoms in total. The summed E-state index contributed by atoms with van der Waals surface area (Å²) in [6.07, 6.45) is 0. The van der Waals surface area contributed by atoms with Gasteiger partial charge < -0.3 is 20.3 Å². The lowest BCUT2D eigenvalue weighted by atomic mass is 9.94. The Kier molecular flexibility index (Phi) is 3.02. The second-order valence-corrected chi connectivity index (χ2v) is 6.76. The third-order valence-electron chi connectivity index (χ3n) is 4.73. The zero-order chi connectivity index (χ0) is 16.2. The molecule has 0 saturated carbocycles. The number of carbonyl (C=O) groups is 1. The number of hydrogen-bond donors (Lipinski definition) is 3. The van der Waals surface area contributed by atoms with Gasteiger partial charge >= 0.3 is 0 Å². The molecule has 0 aliphatic carbocycles. The second-order valence-electron chi connectivity index (χ2n) is 6.76. The monoisotopic (exact) mass is 315 g/mol. The van der Waals surface area contributed by atoms with Gasteiger partial charge in [0.2, 0.25) is 0 Å². The summed E-state index contributed by atoms with van der Waals surface area (Å²) in [4.78, 5) is 13.9. The quantitative estimate of drug-likeness (QED) is 0.752. The SMILES string of the molecule is Cc1cc2c(cc1NC1(C)CNC1)N1C(=NNC(=O)C1C)CO2. The fourth-order valence-electron chi connectivity index (χ4n) is 3.22. The normalized spacial score (nSPS) is 24.5. The van der Waals surface area contributed by atoms with E-state index in [0.29, 0.717) is 6.61 Å². The Morgan fingerprint density at radius 2 is 2.22 bits per heavy atom. The smallest absolute Gasteiger partial charge is 0.262 e. The molecule has 1 atom stereocenters. The van der Waals surface area contributed by atoms with Crippen molar-refractivity contribution in [1.82, 2.24) is 10.7 Å². The Hall–Kier alpha value is -2.28. The lowest BCUT2D eigenvalue weighted by Gasteiger charge is -2.42. The van der Waals surface area contributed by atoms with E-state index in [2.05, 4.69) is 41.1 Å². The van der Waals surface area contributed by atoms with Crippen LogP contribution in [0.4, 0.5) is 11.4 Å². The first kappa shape index (κ1) is 14.3. The molecule has 1 saturated heterocycles. The number of aryl methyl sites for hydroxylation is 1. The minimum Gasteiger partial charge on any atom is -0.483 e. The van der Waals surface area contributed by atoms with Crippen LogP contribution in [0.3, 0.4) is 0 Å². The average molecular weight is 315 g/mol. The Morgan fingerprint density at radius 1 is 1.43 bits per heavy atom. The van der Waals surface area contributed by atoms with Crippen molar-refractivity contribution in [2.75, 3.05) is 29.9 Å². The minimum absolute atomic E-state index is 0.0658. The molecule has 7 heteroatoms. The topological polar surface area (TPSA) is 78.0 Å². The number of ether oxygens (including phenoxy) is 1. The molecule has 1 amide bonds. The van der Waals surface area contributed by atoms with Crippen molar-refractivity contribution >= 4 is 23.1 Å². The maximum absolute atomic E-state index is 12.0. The van der Waals surface area contributed by atoms with E-state index in [4.69, 9.17) is 4.74 Å². The van der Waals surface area contributed by atoms with Gasteiger partial charge in [0.05, 0.1) is 11.2 Å². The van der Waals surface area contributed by atoms with E-state index in [1.165, 1.54) is 0 Å². The maximum Gasteiger partial charge on any atom is 0.262 e. The van der Waals surface area contributed by atoms with Gasteiger partial charge in [0.1, 0.15) is 18.4 Å². The van der Waals surface area contributed by atoms with E-state index in [1.54, 1.807) is 0 Å². The average Bonchev–Trinajstić information content (AvgIpc) is 2.50. The molecule has 3 heterocycles. The summed E-state index contributed by atoms with van der Waals surface area (Å²) >= 11 is 0. The largest absolute Gasteiger partial charge is 0.483 e. The molecule has 23 heavy (non-hydrogen) atoms. The number of anilines is 2. The Balaban J connectivity index is 1.75. The fraction of sp³-hybridized carbons (Fsp3) is 0.500. The van der Waals surface area contributed by atoms with E-state index < -0.39 is 0 Å². The van der Waals surface area contributed by atoms with Crippen molar-refractivity contribution in [1.29, 1.82) is 0 Å². The number of nitrogens with zero attached hydrogens (tertiary/aromatic N) is 2. The highest BCUT2D eigenvalue weighted by Gasteiger charge is 2.36. The lowest BCUT2D eigenvalue weighted by Crippen LogP contribution is -2.62. The predicted octanol–water partition coefficient (Wildman–Crippen LogP) is 0.799. The van der Waals surface area contributed by atoms with Gasteiger partial charge in [-0.3, -0.25) is 4.79 Å². The maximum atomic E-state index is 12.0.